The molecule has 1 atom stereocenters. The predicted octanol–water partition coefficient (Wildman–Crippen LogP) is 3.85. The first kappa shape index (κ1) is 19.3. The number of hydrogen-bond acceptors (Lipinski definition) is 4. The number of aryl methyl sites for hydroxylation is 1. The van der Waals surface area contributed by atoms with Crippen LogP contribution in [0.1, 0.15) is 49.0 Å². The molecular weight excluding hydrogens is 368 g/mol. The van der Waals surface area contributed by atoms with Gasteiger partial charge in [0, 0.05) is 41.5 Å². The van der Waals surface area contributed by atoms with Crippen molar-refractivity contribution in [2.75, 3.05) is 6.54 Å². The van der Waals surface area contributed by atoms with Gasteiger partial charge in [0.05, 0.1) is 6.54 Å². The van der Waals surface area contributed by atoms with E-state index in [2.05, 4.69) is 17.1 Å². The molecule has 6 heteroatoms. The Hall–Kier alpha value is -3.02. The Balaban J connectivity index is 1.57. The summed E-state index contributed by atoms with van der Waals surface area (Å²) in [6.07, 6.45) is 0.995. The number of carbonyl (C=O) groups is 1. The molecule has 3 aromatic rings. The number of rotatable bonds is 4. The topological polar surface area (TPSA) is 86.5 Å². The van der Waals surface area contributed by atoms with Crippen LogP contribution < -0.4 is 5.43 Å². The van der Waals surface area contributed by atoms with E-state index in [0.717, 1.165) is 17.6 Å². The maximum absolute atomic E-state index is 13.1. The third-order valence-electron chi connectivity index (χ3n) is 5.84. The molecule has 1 aliphatic heterocycles. The number of aromatic nitrogens is 1. The molecule has 1 amide bonds. The van der Waals surface area contributed by atoms with Crippen molar-refractivity contribution < 1.29 is 14.3 Å². The zero-order chi connectivity index (χ0) is 20.7. The van der Waals surface area contributed by atoms with E-state index in [0.29, 0.717) is 18.8 Å². The Morgan fingerprint density at radius 1 is 1.31 bits per heavy atom. The lowest BCUT2D eigenvalue weighted by atomic mass is 9.88. The summed E-state index contributed by atoms with van der Waals surface area (Å²) in [6, 6.07) is 9.46. The first-order valence-corrected chi connectivity index (χ1v) is 10.0. The summed E-state index contributed by atoms with van der Waals surface area (Å²) in [5.74, 6) is -0.0825. The van der Waals surface area contributed by atoms with Gasteiger partial charge >= 0.3 is 0 Å². The zero-order valence-electron chi connectivity index (χ0n) is 17.0. The lowest BCUT2D eigenvalue weighted by Crippen LogP contribution is -2.37. The highest BCUT2D eigenvalue weighted by molar-refractivity contribution is 5.85. The van der Waals surface area contributed by atoms with E-state index in [9.17, 15) is 14.7 Å². The number of H-pyrrole nitrogens is 1. The molecule has 0 unspecified atom stereocenters. The molecule has 0 fully saturated rings. The van der Waals surface area contributed by atoms with E-state index >= 15 is 0 Å². The molecule has 2 N–H and O–H groups in total. The van der Waals surface area contributed by atoms with Gasteiger partial charge in [-0.2, -0.15) is 0 Å². The van der Waals surface area contributed by atoms with Crippen LogP contribution >= 0.6 is 0 Å². The third kappa shape index (κ3) is 3.55. The van der Waals surface area contributed by atoms with Gasteiger partial charge in [0.2, 0.25) is 17.1 Å². The zero-order valence-corrected chi connectivity index (χ0v) is 17.0. The SMILES string of the molecule is Cc1cc(=O)c(O)c([C@@H](CC(=O)N2CCc3c([nH]c4ccccc34)C2)C(C)C)o1. The van der Waals surface area contributed by atoms with E-state index in [1.807, 2.05) is 30.9 Å². The van der Waals surface area contributed by atoms with Gasteiger partial charge in [-0.1, -0.05) is 32.0 Å². The molecule has 0 saturated carbocycles. The predicted molar refractivity (Wildman–Crippen MR) is 111 cm³/mol. The lowest BCUT2D eigenvalue weighted by Gasteiger charge is -2.29. The van der Waals surface area contributed by atoms with Crippen molar-refractivity contribution in [1.82, 2.24) is 9.88 Å². The van der Waals surface area contributed by atoms with Gasteiger partial charge in [-0.05, 0) is 30.9 Å². The van der Waals surface area contributed by atoms with Crippen molar-refractivity contribution in [3.05, 3.63) is 63.3 Å². The molecule has 152 valence electrons. The molecule has 6 nitrogen and oxygen atoms in total. The quantitative estimate of drug-likeness (QED) is 0.704. The number of hydrogen-bond donors (Lipinski definition) is 2. The van der Waals surface area contributed by atoms with Crippen LogP contribution in [0.2, 0.25) is 0 Å². The Kier molecular flexibility index (Phi) is 4.94. The average Bonchev–Trinajstić information content (AvgIpc) is 3.06. The number of nitrogens with zero attached hydrogens (tertiary/aromatic N) is 1. The highest BCUT2D eigenvalue weighted by Crippen LogP contribution is 2.34. The number of aromatic amines is 1. The molecule has 29 heavy (non-hydrogen) atoms. The highest BCUT2D eigenvalue weighted by Gasteiger charge is 2.30. The summed E-state index contributed by atoms with van der Waals surface area (Å²) in [5.41, 5.74) is 2.99. The molecule has 0 bridgehead atoms. The van der Waals surface area contributed by atoms with Crippen molar-refractivity contribution in [2.24, 2.45) is 5.92 Å². The van der Waals surface area contributed by atoms with Gasteiger partial charge in [-0.3, -0.25) is 9.59 Å². The fourth-order valence-electron chi connectivity index (χ4n) is 4.23. The Bertz CT molecular complexity index is 1130. The average molecular weight is 394 g/mol. The third-order valence-corrected chi connectivity index (χ3v) is 5.84. The van der Waals surface area contributed by atoms with Crippen LogP contribution in [0.15, 0.2) is 39.5 Å². The van der Waals surface area contributed by atoms with Crippen molar-refractivity contribution in [3.8, 4) is 5.75 Å². The minimum atomic E-state index is -0.470. The van der Waals surface area contributed by atoms with Gasteiger partial charge < -0.3 is 19.4 Å². The Morgan fingerprint density at radius 2 is 2.07 bits per heavy atom. The molecule has 3 heterocycles. The minimum Gasteiger partial charge on any atom is -0.502 e. The van der Waals surface area contributed by atoms with Gasteiger partial charge in [-0.25, -0.2) is 0 Å². The largest absolute Gasteiger partial charge is 0.502 e. The Labute approximate surface area is 169 Å². The molecule has 0 radical (unpaired) electrons. The second kappa shape index (κ2) is 7.43. The van der Waals surface area contributed by atoms with Crippen LogP contribution in [-0.4, -0.2) is 27.4 Å². The van der Waals surface area contributed by atoms with Gasteiger partial charge in [-0.15, -0.1) is 0 Å². The fraction of sp³-hybridized carbons (Fsp3) is 0.391. The van der Waals surface area contributed by atoms with Crippen LogP contribution in [0, 0.1) is 12.8 Å². The smallest absolute Gasteiger partial charge is 0.227 e. The van der Waals surface area contributed by atoms with Crippen LogP contribution in [-0.2, 0) is 17.8 Å². The maximum atomic E-state index is 13.1. The van der Waals surface area contributed by atoms with Crippen LogP contribution in [0.25, 0.3) is 10.9 Å². The first-order chi connectivity index (χ1) is 13.8. The molecule has 0 aliphatic carbocycles. The Morgan fingerprint density at radius 3 is 2.83 bits per heavy atom. The van der Waals surface area contributed by atoms with Crippen LogP contribution in [0.4, 0.5) is 0 Å². The van der Waals surface area contributed by atoms with Crippen molar-refractivity contribution in [3.63, 3.8) is 0 Å². The van der Waals surface area contributed by atoms with E-state index in [1.54, 1.807) is 6.92 Å². The standard InChI is InChI=1S/C23H26N2O4/c1-13(2)17(23-22(28)20(26)10-14(3)29-23)11-21(27)25-9-8-16-15-6-4-5-7-18(15)24-19(16)12-25/h4-7,10,13,17,24,28H,8-9,11-12H2,1-3H3/t17-/m0/s1. The van der Waals surface area contributed by atoms with Crippen LogP contribution in [0.3, 0.4) is 0 Å². The molecule has 0 spiro atoms. The van der Waals surface area contributed by atoms with E-state index in [1.165, 1.54) is 17.0 Å². The minimum absolute atomic E-state index is 0.00318. The van der Waals surface area contributed by atoms with Crippen molar-refractivity contribution in [1.29, 1.82) is 0 Å². The highest BCUT2D eigenvalue weighted by atomic mass is 16.4. The molecule has 1 aromatic carbocycles. The monoisotopic (exact) mass is 394 g/mol. The van der Waals surface area contributed by atoms with Gasteiger partial charge in [0.15, 0.2) is 5.76 Å². The van der Waals surface area contributed by atoms with Gasteiger partial charge in [0.1, 0.15) is 5.76 Å². The number of carbonyl (C=O) groups excluding carboxylic acids is 1. The first-order valence-electron chi connectivity index (χ1n) is 10.0. The second-order valence-corrected chi connectivity index (χ2v) is 8.18. The second-order valence-electron chi connectivity index (χ2n) is 8.18. The van der Waals surface area contributed by atoms with Gasteiger partial charge in [0.25, 0.3) is 0 Å². The normalized spacial score (nSPS) is 15.0. The summed E-state index contributed by atoms with van der Waals surface area (Å²) in [6.45, 7) is 6.79. The summed E-state index contributed by atoms with van der Waals surface area (Å²) >= 11 is 0. The summed E-state index contributed by atoms with van der Waals surface area (Å²) < 4.78 is 5.67. The summed E-state index contributed by atoms with van der Waals surface area (Å²) in [4.78, 5) is 30.4. The van der Waals surface area contributed by atoms with E-state index in [4.69, 9.17) is 4.42 Å². The fourth-order valence-corrected chi connectivity index (χ4v) is 4.23. The summed E-state index contributed by atoms with van der Waals surface area (Å²) in [5, 5.41) is 11.5. The number of para-hydroxylation sites is 1. The molecular formula is C23H26N2O4. The molecule has 0 saturated heterocycles. The number of aromatic hydroxyl groups is 1. The van der Waals surface area contributed by atoms with Crippen LogP contribution in [0.5, 0.6) is 5.75 Å². The molecule has 1 aliphatic rings. The maximum Gasteiger partial charge on any atom is 0.227 e. The number of fused-ring (bicyclic) bond motifs is 3. The number of benzene rings is 1. The van der Waals surface area contributed by atoms with Crippen molar-refractivity contribution >= 4 is 16.8 Å². The lowest BCUT2D eigenvalue weighted by molar-refractivity contribution is -0.133. The number of nitrogens with one attached hydrogen (secondary N) is 1. The molecule has 4 rings (SSSR count). The van der Waals surface area contributed by atoms with Crippen molar-refractivity contribution in [2.45, 2.75) is 46.1 Å². The van der Waals surface area contributed by atoms with E-state index < -0.39 is 11.2 Å². The number of amides is 1. The molecule has 2 aromatic heterocycles. The van der Waals surface area contributed by atoms with E-state index in [-0.39, 0.29) is 29.9 Å². The summed E-state index contributed by atoms with van der Waals surface area (Å²) in [7, 11) is 0.